The zero-order valence-corrected chi connectivity index (χ0v) is 24.3. The third kappa shape index (κ3) is 10.2. The molecule has 0 heterocycles. The van der Waals surface area contributed by atoms with Crippen LogP contribution in [0.4, 0.5) is 4.79 Å². The van der Waals surface area contributed by atoms with Crippen molar-refractivity contribution in [1.29, 1.82) is 0 Å². The quantitative estimate of drug-likeness (QED) is 0.223. The molecular weight excluding hydrogens is 510 g/mol. The summed E-state index contributed by atoms with van der Waals surface area (Å²) in [5, 5.41) is 49.8. The van der Waals surface area contributed by atoms with Gasteiger partial charge >= 0.3 is 0 Å². The lowest BCUT2D eigenvalue weighted by Gasteiger charge is -2.45. The third-order valence-electron chi connectivity index (χ3n) is 7.12. The Hall–Kier alpha value is -2.98. The number of amides is 2. The first-order valence-corrected chi connectivity index (χ1v) is 13.8. The molecule has 0 spiro atoms. The summed E-state index contributed by atoms with van der Waals surface area (Å²) < 4.78 is 0. The number of carbonyl (C=O) groups excluding carboxylic acids is 2. The third-order valence-corrected chi connectivity index (χ3v) is 7.12. The van der Waals surface area contributed by atoms with E-state index < -0.39 is 41.3 Å². The molecule has 0 saturated heterocycles. The summed E-state index contributed by atoms with van der Waals surface area (Å²) in [4.78, 5) is 26.3. The minimum atomic E-state index is -1.37. The molecule has 0 aliphatic carbocycles. The number of rotatable bonds is 15. The summed E-state index contributed by atoms with van der Waals surface area (Å²) in [5.74, 6) is -0.278. The normalized spacial score (nSPS) is 15.1. The van der Waals surface area contributed by atoms with Crippen molar-refractivity contribution in [2.75, 3.05) is 19.7 Å². The van der Waals surface area contributed by atoms with Gasteiger partial charge in [0.15, 0.2) is 0 Å². The molecule has 9 nitrogen and oxygen atoms in total. The van der Waals surface area contributed by atoms with E-state index in [1.807, 2.05) is 60.7 Å². The van der Waals surface area contributed by atoms with Gasteiger partial charge in [0.2, 0.25) is 5.91 Å². The maximum Gasteiger partial charge on any atom is 0.226 e. The topological polar surface area (TPSA) is 145 Å². The van der Waals surface area contributed by atoms with Crippen LogP contribution in [0.3, 0.4) is 0 Å². The molecule has 5 N–H and O–H groups in total. The van der Waals surface area contributed by atoms with Gasteiger partial charge in [-0.3, -0.25) is 4.79 Å². The summed E-state index contributed by atoms with van der Waals surface area (Å²) in [6, 6.07) is 17.4. The van der Waals surface area contributed by atoms with Gasteiger partial charge in [0.1, 0.15) is 6.09 Å². The molecule has 0 radical (unpaired) electrons. The Kier molecular flexibility index (Phi) is 12.6. The molecule has 2 rings (SSSR count). The van der Waals surface area contributed by atoms with E-state index in [1.54, 1.807) is 34.6 Å². The highest BCUT2D eigenvalue weighted by atomic mass is 16.4. The van der Waals surface area contributed by atoms with Crippen molar-refractivity contribution in [1.82, 2.24) is 15.5 Å². The zero-order valence-electron chi connectivity index (χ0n) is 24.3. The van der Waals surface area contributed by atoms with Gasteiger partial charge in [0.25, 0.3) is 0 Å². The molecule has 2 aromatic carbocycles. The maximum atomic E-state index is 13.0. The van der Waals surface area contributed by atoms with Crippen molar-refractivity contribution >= 4 is 12.0 Å². The van der Waals surface area contributed by atoms with E-state index in [9.17, 15) is 30.0 Å². The highest BCUT2D eigenvalue weighted by Crippen LogP contribution is 2.23. The van der Waals surface area contributed by atoms with Gasteiger partial charge in [-0.05, 0) is 51.2 Å². The first kappa shape index (κ1) is 33.2. The van der Waals surface area contributed by atoms with Crippen LogP contribution in [-0.2, 0) is 17.6 Å². The van der Waals surface area contributed by atoms with Crippen LogP contribution in [0, 0.1) is 5.41 Å². The van der Waals surface area contributed by atoms with Crippen molar-refractivity contribution in [2.45, 2.75) is 83.7 Å². The monoisotopic (exact) mass is 556 g/mol. The van der Waals surface area contributed by atoms with Gasteiger partial charge in [0, 0.05) is 30.7 Å². The minimum Gasteiger partial charge on any atom is -0.530 e. The lowest BCUT2D eigenvalue weighted by molar-refractivity contribution is -0.275. The number of nitrogens with zero attached hydrogens (tertiary/aromatic N) is 1. The van der Waals surface area contributed by atoms with Crippen LogP contribution in [0.15, 0.2) is 60.7 Å². The maximum absolute atomic E-state index is 13.0. The summed E-state index contributed by atoms with van der Waals surface area (Å²) in [6.45, 7) is 8.66. The van der Waals surface area contributed by atoms with Crippen LogP contribution in [0.1, 0.15) is 52.2 Å². The second-order valence-corrected chi connectivity index (χ2v) is 12.0. The van der Waals surface area contributed by atoms with E-state index in [2.05, 4.69) is 10.6 Å². The molecule has 0 fully saturated rings. The predicted octanol–water partition coefficient (Wildman–Crippen LogP) is 1.49. The number of carboxylic acid groups (broad SMARTS) is 1. The van der Waals surface area contributed by atoms with Crippen molar-refractivity contribution < 1.29 is 30.0 Å². The fraction of sp³-hybridized carbons (Fsp3) is 0.548. The van der Waals surface area contributed by atoms with E-state index in [0.29, 0.717) is 6.42 Å². The fourth-order valence-corrected chi connectivity index (χ4v) is 4.73. The molecular formula is C31H46N3O6-. The van der Waals surface area contributed by atoms with Crippen LogP contribution in [0.2, 0.25) is 0 Å². The molecule has 40 heavy (non-hydrogen) atoms. The highest BCUT2D eigenvalue weighted by Gasteiger charge is 2.34. The number of benzene rings is 2. The molecule has 0 saturated carbocycles. The second-order valence-electron chi connectivity index (χ2n) is 12.0. The van der Waals surface area contributed by atoms with Gasteiger partial charge in [-0.2, -0.15) is 0 Å². The number of nitrogens with one attached hydrogen (secondary N) is 2. The highest BCUT2D eigenvalue weighted by molar-refractivity contribution is 5.82. The predicted molar refractivity (Wildman–Crippen MR) is 153 cm³/mol. The van der Waals surface area contributed by atoms with Gasteiger partial charge in [-0.25, -0.2) is 0 Å². The largest absolute Gasteiger partial charge is 0.530 e. The number of aliphatic hydroxyl groups excluding tert-OH is 3. The molecule has 9 heteroatoms. The average Bonchev–Trinajstić information content (AvgIpc) is 2.87. The number of carbonyl (C=O) groups is 2. The van der Waals surface area contributed by atoms with Crippen molar-refractivity contribution in [3.63, 3.8) is 0 Å². The van der Waals surface area contributed by atoms with E-state index in [4.69, 9.17) is 0 Å². The standard InChI is InChI=1S/C31H47N3O6/c1-30(2,3)34(29(39)40)25(19-23-14-10-7-11-15-23)27(37)21-32-20-26(36)24(18-22-12-8-6-9-13-22)33-28(38)31(4,5)16-17-35/h6-15,24-27,32,35-37H,16-21H2,1-5H3,(H,33,38)(H,39,40)/p-1/t24-,25-,26+,27+/m0/s1. The summed E-state index contributed by atoms with van der Waals surface area (Å²) in [5.41, 5.74) is 0.173. The van der Waals surface area contributed by atoms with Crippen molar-refractivity contribution in [3.8, 4) is 0 Å². The number of hydrogen-bond acceptors (Lipinski definition) is 7. The molecule has 0 aromatic heterocycles. The Labute approximate surface area is 238 Å². The molecule has 0 unspecified atom stereocenters. The summed E-state index contributed by atoms with van der Waals surface area (Å²) >= 11 is 0. The molecule has 2 aromatic rings. The second kappa shape index (κ2) is 15.1. The lowest BCUT2D eigenvalue weighted by Crippen LogP contribution is -2.62. The smallest absolute Gasteiger partial charge is 0.226 e. The first-order chi connectivity index (χ1) is 18.8. The Morgan fingerprint density at radius 2 is 1.35 bits per heavy atom. The van der Waals surface area contributed by atoms with Gasteiger partial charge in [0.05, 0.1) is 24.3 Å². The van der Waals surface area contributed by atoms with E-state index in [-0.39, 0.29) is 38.4 Å². The van der Waals surface area contributed by atoms with Crippen molar-refractivity contribution in [3.05, 3.63) is 71.8 Å². The lowest BCUT2D eigenvalue weighted by atomic mass is 9.87. The Bertz CT molecular complexity index is 1040. The minimum absolute atomic E-state index is 0.0103. The average molecular weight is 557 g/mol. The van der Waals surface area contributed by atoms with Crippen LogP contribution in [0.5, 0.6) is 0 Å². The van der Waals surface area contributed by atoms with Crippen LogP contribution < -0.4 is 15.7 Å². The Morgan fingerprint density at radius 3 is 1.82 bits per heavy atom. The Balaban J connectivity index is 2.15. The van der Waals surface area contributed by atoms with Crippen molar-refractivity contribution in [2.24, 2.45) is 5.41 Å². The van der Waals surface area contributed by atoms with E-state index in [1.165, 1.54) is 4.90 Å². The molecule has 0 aliphatic rings. The molecule has 2 amide bonds. The summed E-state index contributed by atoms with van der Waals surface area (Å²) in [7, 11) is 0. The number of aliphatic hydroxyl groups is 3. The molecule has 222 valence electrons. The first-order valence-electron chi connectivity index (χ1n) is 13.8. The zero-order chi connectivity index (χ0) is 29.9. The SMILES string of the molecule is CC(C)(CCO)C(=O)N[C@@H](Cc1ccccc1)[C@H](O)CNC[C@@H](O)[C@H](Cc1ccccc1)N(C(=O)[O-])C(C)(C)C. The van der Waals surface area contributed by atoms with Gasteiger partial charge < -0.3 is 40.8 Å². The Morgan fingerprint density at radius 1 is 0.850 bits per heavy atom. The van der Waals surface area contributed by atoms with E-state index in [0.717, 1.165) is 11.1 Å². The van der Waals surface area contributed by atoms with Gasteiger partial charge in [-0.1, -0.05) is 74.5 Å². The number of hydrogen-bond donors (Lipinski definition) is 5. The fourth-order valence-electron chi connectivity index (χ4n) is 4.73. The molecule has 0 aliphatic heterocycles. The molecule has 0 bridgehead atoms. The summed E-state index contributed by atoms with van der Waals surface area (Å²) in [6.07, 6.45) is -2.54. The van der Waals surface area contributed by atoms with Crippen LogP contribution in [-0.4, -0.2) is 81.7 Å². The van der Waals surface area contributed by atoms with Crippen LogP contribution >= 0.6 is 0 Å². The van der Waals surface area contributed by atoms with Crippen LogP contribution in [0.25, 0.3) is 0 Å². The molecule has 4 atom stereocenters. The van der Waals surface area contributed by atoms with E-state index >= 15 is 0 Å². The van der Waals surface area contributed by atoms with Gasteiger partial charge in [-0.15, -0.1) is 0 Å².